The molecule has 0 unspecified atom stereocenters. The molecule has 2 aliphatic heterocycles. The van der Waals surface area contributed by atoms with Crippen LogP contribution in [0.25, 0.3) is 6.08 Å². The summed E-state index contributed by atoms with van der Waals surface area (Å²) in [7, 11) is -4.59. The minimum Gasteiger partial charge on any atom is -0.489 e. The van der Waals surface area contributed by atoms with Crippen molar-refractivity contribution >= 4 is 45.3 Å². The summed E-state index contributed by atoms with van der Waals surface area (Å²) < 4.78 is 48.0. The second-order valence-electron chi connectivity index (χ2n) is 10.0. The second-order valence-corrected chi connectivity index (χ2v) is 11.9. The minimum absolute atomic E-state index is 0.121. The number of carboxylic acid groups (broad SMARTS) is 1. The van der Waals surface area contributed by atoms with Crippen molar-refractivity contribution in [3.8, 4) is 5.75 Å². The molecule has 0 aromatic heterocycles. The highest BCUT2D eigenvalue weighted by molar-refractivity contribution is 7.93. The van der Waals surface area contributed by atoms with Gasteiger partial charge in [-0.3, -0.25) is 24.3 Å². The van der Waals surface area contributed by atoms with E-state index in [1.165, 1.54) is 24.3 Å². The molecule has 2 heterocycles. The number of ether oxygens (including phenoxy) is 1. The normalized spacial score (nSPS) is 16.2. The molecule has 14 heteroatoms. The molecule has 224 valence electrons. The Morgan fingerprint density at radius 2 is 1.93 bits per heavy atom. The lowest BCUT2D eigenvalue weighted by Gasteiger charge is -2.34. The number of sulfonamides is 1. The second kappa shape index (κ2) is 13.0. The predicted molar refractivity (Wildman–Crippen MR) is 157 cm³/mol. The SMILES string of the molecule is N=C(N)c1cccc(C=C(F)CN(c2ccc(OC3CCN(C4=NCCC4)CC3)c(C(N)=O)c2)S(=O)(=O)CC(=O)O)c1. The summed E-state index contributed by atoms with van der Waals surface area (Å²) in [5, 5.41) is 16.8. The van der Waals surface area contributed by atoms with Gasteiger partial charge in [0.1, 0.15) is 23.5 Å². The fourth-order valence-corrected chi connectivity index (χ4v) is 6.13. The molecule has 2 aliphatic rings. The van der Waals surface area contributed by atoms with E-state index in [9.17, 15) is 23.1 Å². The summed E-state index contributed by atoms with van der Waals surface area (Å²) >= 11 is 0. The first kappa shape index (κ1) is 30.5. The van der Waals surface area contributed by atoms with Crippen molar-refractivity contribution in [2.75, 3.05) is 36.2 Å². The molecule has 1 saturated heterocycles. The van der Waals surface area contributed by atoms with Crippen molar-refractivity contribution in [2.24, 2.45) is 16.5 Å². The van der Waals surface area contributed by atoms with Gasteiger partial charge in [0.2, 0.25) is 10.0 Å². The number of carboxylic acids is 1. The summed E-state index contributed by atoms with van der Waals surface area (Å²) in [5.74, 6) is -3.74. The average Bonchev–Trinajstić information content (AvgIpc) is 3.47. The van der Waals surface area contributed by atoms with E-state index in [-0.39, 0.29) is 28.9 Å². The van der Waals surface area contributed by atoms with Crippen LogP contribution in [0.2, 0.25) is 0 Å². The quantitative estimate of drug-likeness (QED) is 0.223. The highest BCUT2D eigenvalue weighted by atomic mass is 32.2. The number of hydrogen-bond donors (Lipinski definition) is 4. The molecule has 0 aliphatic carbocycles. The highest BCUT2D eigenvalue weighted by Crippen LogP contribution is 2.30. The van der Waals surface area contributed by atoms with Crippen LogP contribution in [0.3, 0.4) is 0 Å². The number of hydrogen-bond acceptors (Lipinski definition) is 8. The summed E-state index contributed by atoms with van der Waals surface area (Å²) in [6.07, 6.45) is 4.20. The fraction of sp³-hybridized carbons (Fsp3) is 0.357. The molecule has 4 rings (SSSR count). The van der Waals surface area contributed by atoms with Crippen LogP contribution in [0.4, 0.5) is 10.1 Å². The number of likely N-dealkylation sites (tertiary alicyclic amines) is 1. The molecule has 0 saturated carbocycles. The Hall–Kier alpha value is -4.46. The number of amidine groups is 2. The molecule has 0 spiro atoms. The number of anilines is 1. The Labute approximate surface area is 243 Å². The summed E-state index contributed by atoms with van der Waals surface area (Å²) in [6.45, 7) is 1.47. The molecule has 0 bridgehead atoms. The molecule has 1 fully saturated rings. The van der Waals surface area contributed by atoms with E-state index in [1.54, 1.807) is 12.1 Å². The number of piperidine rings is 1. The number of aliphatic carboxylic acids is 1. The number of carbonyl (C=O) groups is 2. The number of primary amides is 1. The fourth-order valence-electron chi connectivity index (χ4n) is 4.91. The van der Waals surface area contributed by atoms with Gasteiger partial charge in [-0.25, -0.2) is 12.8 Å². The van der Waals surface area contributed by atoms with Gasteiger partial charge < -0.3 is 26.2 Å². The van der Waals surface area contributed by atoms with Crippen molar-refractivity contribution in [1.29, 1.82) is 5.41 Å². The van der Waals surface area contributed by atoms with Crippen LogP contribution < -0.4 is 20.5 Å². The number of nitrogen functional groups attached to an aromatic ring is 1. The molecular formula is C28H33FN6O6S. The maximum atomic E-state index is 15.2. The van der Waals surface area contributed by atoms with Gasteiger partial charge in [-0.15, -0.1) is 0 Å². The smallest absolute Gasteiger partial charge is 0.320 e. The van der Waals surface area contributed by atoms with E-state index >= 15 is 4.39 Å². The van der Waals surface area contributed by atoms with E-state index in [1.807, 2.05) is 0 Å². The first-order chi connectivity index (χ1) is 19.9. The van der Waals surface area contributed by atoms with Crippen LogP contribution in [-0.4, -0.2) is 80.0 Å². The molecular weight excluding hydrogens is 567 g/mol. The zero-order chi connectivity index (χ0) is 30.4. The van der Waals surface area contributed by atoms with Crippen molar-refractivity contribution in [3.05, 3.63) is 65.0 Å². The van der Waals surface area contributed by atoms with Crippen molar-refractivity contribution in [2.45, 2.75) is 31.8 Å². The molecule has 0 atom stereocenters. The molecule has 42 heavy (non-hydrogen) atoms. The van der Waals surface area contributed by atoms with Gasteiger partial charge in [-0.2, -0.15) is 0 Å². The average molecular weight is 601 g/mol. The summed E-state index contributed by atoms with van der Waals surface area (Å²) in [6, 6.07) is 9.94. The van der Waals surface area contributed by atoms with Crippen LogP contribution in [0.15, 0.2) is 53.3 Å². The van der Waals surface area contributed by atoms with Gasteiger partial charge in [-0.1, -0.05) is 18.2 Å². The third-order valence-corrected chi connectivity index (χ3v) is 8.55. The Kier molecular flexibility index (Phi) is 9.45. The Morgan fingerprint density at radius 3 is 2.55 bits per heavy atom. The number of nitrogens with zero attached hydrogens (tertiary/aromatic N) is 3. The lowest BCUT2D eigenvalue weighted by atomic mass is 10.1. The number of halogens is 1. The van der Waals surface area contributed by atoms with Gasteiger partial charge in [-0.05, 0) is 42.3 Å². The monoisotopic (exact) mass is 600 g/mol. The maximum Gasteiger partial charge on any atom is 0.320 e. The first-order valence-electron chi connectivity index (χ1n) is 13.3. The number of amides is 1. The zero-order valence-electron chi connectivity index (χ0n) is 22.8. The lowest BCUT2D eigenvalue weighted by Crippen LogP contribution is -2.41. The molecule has 6 N–H and O–H groups in total. The van der Waals surface area contributed by atoms with Crippen LogP contribution in [0.1, 0.15) is 47.2 Å². The van der Waals surface area contributed by atoms with Crippen LogP contribution in [0.5, 0.6) is 5.75 Å². The van der Waals surface area contributed by atoms with E-state index in [4.69, 9.17) is 21.6 Å². The summed E-state index contributed by atoms with van der Waals surface area (Å²) in [5.41, 5.74) is 11.5. The number of nitrogens with one attached hydrogen (secondary N) is 1. The Bertz CT molecular complexity index is 1540. The third-order valence-electron chi connectivity index (χ3n) is 6.93. The zero-order valence-corrected chi connectivity index (χ0v) is 23.6. The van der Waals surface area contributed by atoms with Crippen molar-refractivity contribution < 1.29 is 32.2 Å². The summed E-state index contributed by atoms with van der Waals surface area (Å²) in [4.78, 5) is 30.5. The van der Waals surface area contributed by atoms with Crippen LogP contribution in [0, 0.1) is 5.41 Å². The Balaban J connectivity index is 1.59. The van der Waals surface area contributed by atoms with Crippen molar-refractivity contribution in [3.63, 3.8) is 0 Å². The number of aliphatic imine (C=N–C) groups is 1. The molecule has 12 nitrogen and oxygen atoms in total. The number of nitrogens with two attached hydrogens (primary N) is 2. The molecule has 0 radical (unpaired) electrons. The van der Waals surface area contributed by atoms with E-state index < -0.39 is 40.0 Å². The van der Waals surface area contributed by atoms with Crippen LogP contribution >= 0.6 is 0 Å². The third kappa shape index (κ3) is 7.63. The minimum atomic E-state index is -4.59. The van der Waals surface area contributed by atoms with Crippen molar-refractivity contribution in [1.82, 2.24) is 4.90 Å². The van der Waals surface area contributed by atoms with E-state index in [0.717, 1.165) is 50.5 Å². The van der Waals surface area contributed by atoms with E-state index in [0.29, 0.717) is 28.3 Å². The Morgan fingerprint density at radius 1 is 1.19 bits per heavy atom. The highest BCUT2D eigenvalue weighted by Gasteiger charge is 2.29. The van der Waals surface area contributed by atoms with Gasteiger partial charge in [0, 0.05) is 44.5 Å². The van der Waals surface area contributed by atoms with Crippen LogP contribution in [-0.2, 0) is 14.8 Å². The van der Waals surface area contributed by atoms with Gasteiger partial charge in [0.15, 0.2) is 5.75 Å². The molecule has 2 aromatic carbocycles. The topological polar surface area (TPSA) is 192 Å². The predicted octanol–water partition coefficient (Wildman–Crippen LogP) is 2.34. The largest absolute Gasteiger partial charge is 0.489 e. The van der Waals surface area contributed by atoms with Gasteiger partial charge >= 0.3 is 5.97 Å². The molecule has 2 aromatic rings. The maximum absolute atomic E-state index is 15.2. The van der Waals surface area contributed by atoms with E-state index in [2.05, 4.69) is 9.89 Å². The van der Waals surface area contributed by atoms with Gasteiger partial charge in [0.25, 0.3) is 5.91 Å². The number of benzene rings is 2. The number of rotatable bonds is 11. The van der Waals surface area contributed by atoms with Gasteiger partial charge in [0.05, 0.1) is 23.6 Å². The number of carbonyl (C=O) groups excluding carboxylic acids is 1. The lowest BCUT2D eigenvalue weighted by molar-refractivity contribution is -0.134. The molecule has 1 amide bonds. The first-order valence-corrected chi connectivity index (χ1v) is 15.0. The standard InChI is InChI=1S/C28H33FN6O6S/c29-20(14-18-3-1-4-19(13-18)27(30)31)16-35(42(39,40)17-26(36)37)21-6-7-24(23(15-21)28(32)38)41-22-8-11-34(12-9-22)25-5-2-10-33-25/h1,3-4,6-7,13-15,22H,2,5,8-12,16-17H2,(H3,30,31)(H2,32,38)(H,36,37).